The Hall–Kier alpha value is -3.48. The highest BCUT2D eigenvalue weighted by atomic mass is 19.1. The van der Waals surface area contributed by atoms with Crippen molar-refractivity contribution in [2.75, 3.05) is 23.3 Å². The molecule has 1 unspecified atom stereocenters. The number of halogens is 1. The van der Waals surface area contributed by atoms with E-state index in [-0.39, 0.29) is 17.4 Å². The first-order valence-corrected chi connectivity index (χ1v) is 10.4. The van der Waals surface area contributed by atoms with Crippen LogP contribution in [0, 0.1) is 25.6 Å². The zero-order valence-electron chi connectivity index (χ0n) is 17.6. The van der Waals surface area contributed by atoms with Crippen molar-refractivity contribution in [3.8, 4) is 5.69 Å². The number of anilines is 2. The van der Waals surface area contributed by atoms with E-state index in [1.807, 2.05) is 36.9 Å². The van der Waals surface area contributed by atoms with Gasteiger partial charge in [-0.15, -0.1) is 5.10 Å². The first kappa shape index (κ1) is 20.8. The number of carbonyl (C=O) groups is 1. The van der Waals surface area contributed by atoms with Gasteiger partial charge in [0.15, 0.2) is 0 Å². The average Bonchev–Trinajstić information content (AvgIpc) is 2.77. The molecule has 4 rings (SSSR count). The minimum atomic E-state index is -0.433. The molecule has 2 heterocycles. The SMILES string of the molecule is Cc1ccc(NC(=O)C2CCCN(c3ccc(=O)n(-c4cccc(F)c4)n3)C2)cc1C. The van der Waals surface area contributed by atoms with Crippen molar-refractivity contribution < 1.29 is 9.18 Å². The number of nitrogens with one attached hydrogen (secondary N) is 1. The maximum absolute atomic E-state index is 13.6. The second-order valence-electron chi connectivity index (χ2n) is 7.99. The number of hydrogen-bond acceptors (Lipinski definition) is 4. The van der Waals surface area contributed by atoms with Crippen LogP contribution in [0.1, 0.15) is 24.0 Å². The Balaban J connectivity index is 1.52. The van der Waals surface area contributed by atoms with Gasteiger partial charge in [-0.1, -0.05) is 12.1 Å². The zero-order chi connectivity index (χ0) is 22.0. The largest absolute Gasteiger partial charge is 0.354 e. The summed E-state index contributed by atoms with van der Waals surface area (Å²) in [5.41, 5.74) is 3.14. The molecule has 31 heavy (non-hydrogen) atoms. The standard InChI is InChI=1S/C24H25FN4O2/c1-16-8-9-20(13-17(16)2)26-24(31)18-5-4-12-28(15-18)22-10-11-23(30)29(27-22)21-7-3-6-19(25)14-21/h3,6-11,13-14,18H,4-5,12,15H2,1-2H3,(H,26,31). The fourth-order valence-corrected chi connectivity index (χ4v) is 3.83. The third-order valence-electron chi connectivity index (χ3n) is 5.73. The lowest BCUT2D eigenvalue weighted by atomic mass is 9.97. The summed E-state index contributed by atoms with van der Waals surface area (Å²) in [6, 6.07) is 14.7. The van der Waals surface area contributed by atoms with Gasteiger partial charge in [-0.2, -0.15) is 4.68 Å². The van der Waals surface area contributed by atoms with Gasteiger partial charge in [0, 0.05) is 24.8 Å². The molecule has 0 saturated carbocycles. The zero-order valence-corrected chi connectivity index (χ0v) is 17.6. The maximum atomic E-state index is 13.6. The van der Waals surface area contributed by atoms with Crippen molar-refractivity contribution in [2.24, 2.45) is 5.92 Å². The van der Waals surface area contributed by atoms with E-state index in [0.29, 0.717) is 18.1 Å². The number of amides is 1. The highest BCUT2D eigenvalue weighted by Crippen LogP contribution is 2.23. The lowest BCUT2D eigenvalue weighted by molar-refractivity contribution is -0.120. The third-order valence-corrected chi connectivity index (χ3v) is 5.73. The van der Waals surface area contributed by atoms with Gasteiger partial charge in [-0.25, -0.2) is 4.39 Å². The first-order valence-electron chi connectivity index (χ1n) is 10.4. The Bertz CT molecular complexity index is 1170. The van der Waals surface area contributed by atoms with E-state index in [0.717, 1.165) is 30.6 Å². The van der Waals surface area contributed by atoms with Crippen molar-refractivity contribution in [1.29, 1.82) is 0 Å². The molecule has 1 aliphatic heterocycles. The van der Waals surface area contributed by atoms with E-state index in [1.165, 1.54) is 28.4 Å². The summed E-state index contributed by atoms with van der Waals surface area (Å²) in [6.07, 6.45) is 1.63. The van der Waals surface area contributed by atoms with Crippen molar-refractivity contribution in [1.82, 2.24) is 9.78 Å². The number of nitrogens with zero attached hydrogens (tertiary/aromatic N) is 3. The molecule has 0 radical (unpaired) electrons. The van der Waals surface area contributed by atoms with Gasteiger partial charge in [0.2, 0.25) is 5.91 Å². The van der Waals surface area contributed by atoms with Gasteiger partial charge in [0.1, 0.15) is 11.6 Å². The predicted octanol–water partition coefficient (Wildman–Crippen LogP) is 3.84. The second-order valence-corrected chi connectivity index (χ2v) is 7.99. The van der Waals surface area contributed by atoms with Gasteiger partial charge < -0.3 is 10.2 Å². The summed E-state index contributed by atoms with van der Waals surface area (Å²) in [5.74, 6) is -0.0525. The molecule has 0 spiro atoms. The van der Waals surface area contributed by atoms with E-state index in [4.69, 9.17) is 0 Å². The topological polar surface area (TPSA) is 67.2 Å². The lowest BCUT2D eigenvalue weighted by Crippen LogP contribution is -2.41. The summed E-state index contributed by atoms with van der Waals surface area (Å²) in [5, 5.41) is 7.46. The fourth-order valence-electron chi connectivity index (χ4n) is 3.83. The molecule has 6 nitrogen and oxygen atoms in total. The number of piperidine rings is 1. The lowest BCUT2D eigenvalue weighted by Gasteiger charge is -2.33. The van der Waals surface area contributed by atoms with Crippen LogP contribution in [0.2, 0.25) is 0 Å². The molecule has 1 fully saturated rings. The molecule has 7 heteroatoms. The molecule has 2 aromatic carbocycles. The van der Waals surface area contributed by atoms with Crippen LogP contribution in [0.15, 0.2) is 59.4 Å². The van der Waals surface area contributed by atoms with Gasteiger partial charge in [-0.3, -0.25) is 9.59 Å². The van der Waals surface area contributed by atoms with Gasteiger partial charge in [0.05, 0.1) is 11.6 Å². The second kappa shape index (κ2) is 8.71. The molecule has 0 bridgehead atoms. The van der Waals surface area contributed by atoms with Crippen molar-refractivity contribution in [3.63, 3.8) is 0 Å². The van der Waals surface area contributed by atoms with Gasteiger partial charge in [0.25, 0.3) is 5.56 Å². The van der Waals surface area contributed by atoms with E-state index in [9.17, 15) is 14.0 Å². The van der Waals surface area contributed by atoms with E-state index in [1.54, 1.807) is 18.2 Å². The number of hydrogen-bond donors (Lipinski definition) is 1. The molecule has 1 aromatic heterocycles. The maximum Gasteiger partial charge on any atom is 0.271 e. The van der Waals surface area contributed by atoms with Crippen molar-refractivity contribution in [2.45, 2.75) is 26.7 Å². The number of rotatable bonds is 4. The van der Waals surface area contributed by atoms with Crippen LogP contribution in [-0.2, 0) is 4.79 Å². The Kier molecular flexibility index (Phi) is 5.84. The monoisotopic (exact) mass is 420 g/mol. The van der Waals surface area contributed by atoms with Crippen LogP contribution in [0.4, 0.5) is 15.9 Å². The molecule has 0 aliphatic carbocycles. The summed E-state index contributed by atoms with van der Waals surface area (Å²) < 4.78 is 14.8. The number of aromatic nitrogens is 2. The third kappa shape index (κ3) is 4.66. The smallest absolute Gasteiger partial charge is 0.271 e. The van der Waals surface area contributed by atoms with Crippen LogP contribution in [0.3, 0.4) is 0 Å². The van der Waals surface area contributed by atoms with Crippen LogP contribution in [0.5, 0.6) is 0 Å². The number of aryl methyl sites for hydroxylation is 2. The Morgan fingerprint density at radius 2 is 1.94 bits per heavy atom. The van der Waals surface area contributed by atoms with Gasteiger partial charge >= 0.3 is 0 Å². The Morgan fingerprint density at radius 1 is 1.10 bits per heavy atom. The summed E-state index contributed by atoms with van der Waals surface area (Å²) in [6.45, 7) is 5.30. The fraction of sp³-hybridized carbons (Fsp3) is 0.292. The van der Waals surface area contributed by atoms with Crippen LogP contribution < -0.4 is 15.8 Å². The van der Waals surface area contributed by atoms with E-state index in [2.05, 4.69) is 10.4 Å². The molecule has 1 aliphatic rings. The number of carbonyl (C=O) groups excluding carboxylic acids is 1. The van der Waals surface area contributed by atoms with Crippen molar-refractivity contribution in [3.05, 3.63) is 81.9 Å². The molecule has 1 N–H and O–H groups in total. The Morgan fingerprint density at radius 3 is 2.71 bits per heavy atom. The minimum absolute atomic E-state index is 0.0218. The molecule has 160 valence electrons. The Labute approximate surface area is 180 Å². The van der Waals surface area contributed by atoms with Crippen LogP contribution in [0.25, 0.3) is 5.69 Å². The molecule has 3 aromatic rings. The van der Waals surface area contributed by atoms with Gasteiger partial charge in [-0.05, 0) is 74.2 Å². The van der Waals surface area contributed by atoms with Crippen LogP contribution in [-0.4, -0.2) is 28.8 Å². The first-order chi connectivity index (χ1) is 14.9. The molecule has 1 saturated heterocycles. The summed E-state index contributed by atoms with van der Waals surface area (Å²) >= 11 is 0. The summed E-state index contributed by atoms with van der Waals surface area (Å²) in [4.78, 5) is 27.2. The molecular formula is C24H25FN4O2. The highest BCUT2D eigenvalue weighted by Gasteiger charge is 2.27. The summed E-state index contributed by atoms with van der Waals surface area (Å²) in [7, 11) is 0. The van der Waals surface area contributed by atoms with E-state index >= 15 is 0 Å². The molecular weight excluding hydrogens is 395 g/mol. The molecule has 1 atom stereocenters. The quantitative estimate of drug-likeness (QED) is 0.696. The van der Waals surface area contributed by atoms with Crippen LogP contribution >= 0.6 is 0 Å². The van der Waals surface area contributed by atoms with E-state index < -0.39 is 5.82 Å². The van der Waals surface area contributed by atoms with Crippen molar-refractivity contribution >= 4 is 17.4 Å². The average molecular weight is 420 g/mol. The number of benzene rings is 2. The molecule has 1 amide bonds. The normalized spacial score (nSPS) is 16.2. The minimum Gasteiger partial charge on any atom is -0.354 e. The highest BCUT2D eigenvalue weighted by molar-refractivity contribution is 5.93. The predicted molar refractivity (Wildman–Crippen MR) is 119 cm³/mol.